The number of aromatic nitrogens is 2. The summed E-state index contributed by atoms with van der Waals surface area (Å²) in [5.74, 6) is -0.318. The molecule has 7 heteroatoms. The predicted molar refractivity (Wildman–Crippen MR) is 46.5 cm³/mol. The largest absolute Gasteiger partial charge is 0.487 e. The van der Waals surface area contributed by atoms with Crippen molar-refractivity contribution in [1.29, 1.82) is 0 Å². The van der Waals surface area contributed by atoms with E-state index in [1.165, 1.54) is 0 Å². The van der Waals surface area contributed by atoms with Crippen LogP contribution in [0.5, 0.6) is 0 Å². The van der Waals surface area contributed by atoms with Crippen LogP contribution in [-0.4, -0.2) is 22.4 Å². The van der Waals surface area contributed by atoms with Gasteiger partial charge in [0.2, 0.25) is 5.95 Å². The van der Waals surface area contributed by atoms with E-state index < -0.39 is 11.9 Å². The molecule has 0 bridgehead atoms. The number of anilines is 1. The van der Waals surface area contributed by atoms with Crippen LogP contribution in [0.15, 0.2) is 17.1 Å². The van der Waals surface area contributed by atoms with Gasteiger partial charge in [-0.05, 0) is 6.42 Å². The second-order valence-corrected chi connectivity index (χ2v) is 3.21. The fourth-order valence-corrected chi connectivity index (χ4v) is 1.58. The third kappa shape index (κ3) is 1.69. The van der Waals surface area contributed by atoms with Gasteiger partial charge in [0.25, 0.3) is 5.56 Å². The second-order valence-electron chi connectivity index (χ2n) is 3.21. The minimum absolute atomic E-state index is 0.153. The normalized spacial score (nSPS) is 16.3. The lowest BCUT2D eigenvalue weighted by Gasteiger charge is -2.31. The summed E-state index contributed by atoms with van der Waals surface area (Å²) >= 11 is 0. The Kier molecular flexibility index (Phi) is 2.17. The van der Waals surface area contributed by atoms with Crippen molar-refractivity contribution in [2.45, 2.75) is 19.3 Å². The first kappa shape index (κ1) is 10.0. The average molecular weight is 219 g/mol. The minimum atomic E-state index is -4.48. The number of alkyl halides is 3. The van der Waals surface area contributed by atoms with Crippen molar-refractivity contribution in [3.05, 3.63) is 22.6 Å². The standard InChI is InChI=1S/C8H8F3N3O/c9-8(10,11)14-5-1-4-13-6(15)2-3-12-7(13)14/h2-3H,1,4-5H2. The average Bonchev–Trinajstić information content (AvgIpc) is 2.16. The van der Waals surface area contributed by atoms with Gasteiger partial charge in [-0.2, -0.15) is 0 Å². The summed E-state index contributed by atoms with van der Waals surface area (Å²) in [5, 5.41) is 0. The molecule has 0 aromatic carbocycles. The highest BCUT2D eigenvalue weighted by Gasteiger charge is 2.41. The molecule has 0 radical (unpaired) electrons. The molecule has 1 aromatic heterocycles. The molecule has 0 amide bonds. The van der Waals surface area contributed by atoms with E-state index in [9.17, 15) is 18.0 Å². The Labute approximate surface area is 83.0 Å². The van der Waals surface area contributed by atoms with Crippen molar-refractivity contribution in [3.63, 3.8) is 0 Å². The van der Waals surface area contributed by atoms with E-state index in [4.69, 9.17) is 0 Å². The lowest BCUT2D eigenvalue weighted by molar-refractivity contribution is -0.132. The van der Waals surface area contributed by atoms with Gasteiger partial charge in [-0.25, -0.2) is 4.98 Å². The first-order valence-corrected chi connectivity index (χ1v) is 4.40. The molecule has 0 saturated heterocycles. The molecule has 0 saturated carbocycles. The second kappa shape index (κ2) is 3.25. The Morgan fingerprint density at radius 2 is 2.07 bits per heavy atom. The SMILES string of the molecule is O=c1ccnc2n1CCCN2C(F)(F)F. The van der Waals surface area contributed by atoms with Crippen LogP contribution >= 0.6 is 0 Å². The van der Waals surface area contributed by atoms with E-state index in [0.717, 1.165) is 16.8 Å². The molecule has 1 aliphatic rings. The predicted octanol–water partition coefficient (Wildman–Crippen LogP) is 0.973. The Morgan fingerprint density at radius 3 is 2.73 bits per heavy atom. The van der Waals surface area contributed by atoms with Crippen LogP contribution < -0.4 is 10.5 Å². The van der Waals surface area contributed by atoms with Gasteiger partial charge in [0.15, 0.2) is 0 Å². The van der Waals surface area contributed by atoms with Gasteiger partial charge in [-0.15, -0.1) is 13.2 Å². The minimum Gasteiger partial charge on any atom is -0.279 e. The Bertz CT molecular complexity index is 426. The fraction of sp³-hybridized carbons (Fsp3) is 0.500. The Hall–Kier alpha value is -1.53. The topological polar surface area (TPSA) is 38.1 Å². The zero-order chi connectivity index (χ0) is 11.1. The molecule has 2 heterocycles. The van der Waals surface area contributed by atoms with Gasteiger partial charge in [0.05, 0.1) is 0 Å². The van der Waals surface area contributed by atoms with Crippen LogP contribution in [0, 0.1) is 0 Å². The molecule has 4 nitrogen and oxygen atoms in total. The fourth-order valence-electron chi connectivity index (χ4n) is 1.58. The molecular weight excluding hydrogens is 211 g/mol. The number of fused-ring (bicyclic) bond motifs is 1. The number of hydrogen-bond donors (Lipinski definition) is 0. The maximum atomic E-state index is 12.5. The molecule has 2 rings (SSSR count). The van der Waals surface area contributed by atoms with Crippen molar-refractivity contribution in [1.82, 2.24) is 9.55 Å². The molecule has 0 unspecified atom stereocenters. The lowest BCUT2D eigenvalue weighted by atomic mass is 10.3. The van der Waals surface area contributed by atoms with Crippen LogP contribution in [-0.2, 0) is 6.54 Å². The molecule has 82 valence electrons. The third-order valence-electron chi connectivity index (χ3n) is 2.23. The van der Waals surface area contributed by atoms with Gasteiger partial charge in [0, 0.05) is 25.4 Å². The van der Waals surface area contributed by atoms with Gasteiger partial charge in [0.1, 0.15) is 0 Å². The van der Waals surface area contributed by atoms with Gasteiger partial charge in [-0.3, -0.25) is 14.3 Å². The molecule has 1 aliphatic heterocycles. The Morgan fingerprint density at radius 1 is 1.33 bits per heavy atom. The zero-order valence-electron chi connectivity index (χ0n) is 7.66. The number of hydrogen-bond acceptors (Lipinski definition) is 3. The van der Waals surface area contributed by atoms with E-state index in [1.54, 1.807) is 0 Å². The maximum absolute atomic E-state index is 12.5. The van der Waals surface area contributed by atoms with Crippen molar-refractivity contribution < 1.29 is 13.2 Å². The Balaban J connectivity index is 2.52. The zero-order valence-corrected chi connectivity index (χ0v) is 7.66. The highest BCUT2D eigenvalue weighted by molar-refractivity contribution is 5.33. The van der Waals surface area contributed by atoms with Gasteiger partial charge in [-0.1, -0.05) is 0 Å². The summed E-state index contributed by atoms with van der Waals surface area (Å²) in [4.78, 5) is 15.1. The number of halogens is 3. The highest BCUT2D eigenvalue weighted by Crippen LogP contribution is 2.28. The first-order chi connectivity index (χ1) is 7.00. The smallest absolute Gasteiger partial charge is 0.279 e. The van der Waals surface area contributed by atoms with Gasteiger partial charge < -0.3 is 0 Å². The van der Waals surface area contributed by atoms with Crippen molar-refractivity contribution in [3.8, 4) is 0 Å². The molecule has 0 fully saturated rings. The van der Waals surface area contributed by atoms with Crippen molar-refractivity contribution >= 4 is 5.95 Å². The molecule has 15 heavy (non-hydrogen) atoms. The summed E-state index contributed by atoms with van der Waals surface area (Å²) in [5.41, 5.74) is -0.450. The summed E-state index contributed by atoms with van der Waals surface area (Å²) in [6.07, 6.45) is -3.10. The van der Waals surface area contributed by atoms with Crippen molar-refractivity contribution in [2.75, 3.05) is 11.4 Å². The van der Waals surface area contributed by atoms with Crippen molar-refractivity contribution in [2.24, 2.45) is 0 Å². The summed E-state index contributed by atoms with van der Waals surface area (Å²) in [6.45, 7) is 0.133. The van der Waals surface area contributed by atoms with E-state index >= 15 is 0 Å². The third-order valence-corrected chi connectivity index (χ3v) is 2.23. The molecule has 0 spiro atoms. The van der Waals surface area contributed by atoms with Gasteiger partial charge >= 0.3 is 6.30 Å². The lowest BCUT2D eigenvalue weighted by Crippen LogP contribution is -2.46. The highest BCUT2D eigenvalue weighted by atomic mass is 19.4. The summed E-state index contributed by atoms with van der Waals surface area (Å²) < 4.78 is 38.6. The number of rotatable bonds is 0. The molecule has 0 N–H and O–H groups in total. The van der Waals surface area contributed by atoms with E-state index in [0.29, 0.717) is 0 Å². The maximum Gasteiger partial charge on any atom is 0.487 e. The molecule has 1 aromatic rings. The first-order valence-electron chi connectivity index (χ1n) is 4.40. The summed E-state index contributed by atoms with van der Waals surface area (Å²) in [7, 11) is 0. The molecule has 0 atom stereocenters. The van der Waals surface area contributed by atoms with Crippen LogP contribution in [0.2, 0.25) is 0 Å². The summed E-state index contributed by atoms with van der Waals surface area (Å²) in [6, 6.07) is 1.16. The van der Waals surface area contributed by atoms with Crippen LogP contribution in [0.4, 0.5) is 19.1 Å². The number of nitrogens with zero attached hydrogens (tertiary/aromatic N) is 3. The van der Waals surface area contributed by atoms with E-state index in [2.05, 4.69) is 4.98 Å². The van der Waals surface area contributed by atoms with Crippen LogP contribution in [0.25, 0.3) is 0 Å². The van der Waals surface area contributed by atoms with E-state index in [1.807, 2.05) is 0 Å². The van der Waals surface area contributed by atoms with E-state index in [-0.39, 0.29) is 30.4 Å². The monoisotopic (exact) mass is 219 g/mol. The molecular formula is C8H8F3N3O. The molecule has 0 aliphatic carbocycles. The van der Waals surface area contributed by atoms with Crippen LogP contribution in [0.1, 0.15) is 6.42 Å². The van der Waals surface area contributed by atoms with Crippen LogP contribution in [0.3, 0.4) is 0 Å². The quantitative estimate of drug-likeness (QED) is 0.610.